The number of halogens is 1. The number of Topliss-reactive ketones (excluding diaryl/α,β-unsaturated/α-hetero) is 1. The lowest BCUT2D eigenvalue weighted by atomic mass is 10.1. The molecule has 2 aromatic rings. The Labute approximate surface area is 127 Å². The van der Waals surface area contributed by atoms with Crippen LogP contribution in [0.5, 0.6) is 0 Å². The number of aliphatic hydroxyl groups excluding tert-OH is 1. The van der Waals surface area contributed by atoms with E-state index < -0.39 is 0 Å². The molecule has 1 N–H and O–H groups in total. The maximum Gasteiger partial charge on any atom is 0.199 e. The van der Waals surface area contributed by atoms with E-state index in [0.717, 1.165) is 5.56 Å². The molecular formula is C17H12ClNO2. The number of benzene rings is 2. The van der Waals surface area contributed by atoms with Gasteiger partial charge in [-0.2, -0.15) is 0 Å². The number of aliphatic imine (C=N–C) groups is 1. The van der Waals surface area contributed by atoms with Crippen LogP contribution in [0.2, 0.25) is 5.02 Å². The van der Waals surface area contributed by atoms with Gasteiger partial charge >= 0.3 is 0 Å². The van der Waals surface area contributed by atoms with Gasteiger partial charge in [-0.25, -0.2) is 0 Å². The van der Waals surface area contributed by atoms with Gasteiger partial charge in [-0.15, -0.1) is 0 Å². The first kappa shape index (κ1) is 13.6. The Morgan fingerprint density at radius 1 is 1.05 bits per heavy atom. The average molecular weight is 298 g/mol. The molecule has 104 valence electrons. The molecule has 0 radical (unpaired) electrons. The molecule has 1 aliphatic carbocycles. The number of ketones is 1. The van der Waals surface area contributed by atoms with Crippen LogP contribution in [-0.2, 0) is 6.54 Å². The van der Waals surface area contributed by atoms with Crippen LogP contribution in [0.1, 0.15) is 21.5 Å². The van der Waals surface area contributed by atoms with E-state index in [1.807, 2.05) is 18.2 Å². The van der Waals surface area contributed by atoms with Crippen LogP contribution in [0, 0.1) is 0 Å². The summed E-state index contributed by atoms with van der Waals surface area (Å²) in [6.45, 7) is 0.361. The minimum absolute atomic E-state index is 0.0153. The van der Waals surface area contributed by atoms with Crippen molar-refractivity contribution in [2.75, 3.05) is 0 Å². The van der Waals surface area contributed by atoms with Crippen LogP contribution in [0.15, 0.2) is 59.1 Å². The molecule has 0 spiro atoms. The summed E-state index contributed by atoms with van der Waals surface area (Å²) in [4.78, 5) is 16.4. The van der Waals surface area contributed by atoms with Gasteiger partial charge in [0.15, 0.2) is 5.78 Å². The van der Waals surface area contributed by atoms with E-state index in [2.05, 4.69) is 4.99 Å². The highest BCUT2D eigenvalue weighted by atomic mass is 35.5. The lowest BCUT2D eigenvalue weighted by Crippen LogP contribution is -2.00. The maximum absolute atomic E-state index is 12.2. The lowest BCUT2D eigenvalue weighted by molar-refractivity contribution is 0.104. The van der Waals surface area contributed by atoms with Crippen molar-refractivity contribution in [2.45, 2.75) is 6.54 Å². The van der Waals surface area contributed by atoms with Crippen molar-refractivity contribution in [3.05, 3.63) is 75.8 Å². The minimum Gasteiger partial charge on any atom is -0.506 e. The quantitative estimate of drug-likeness (QED) is 0.868. The van der Waals surface area contributed by atoms with E-state index in [0.29, 0.717) is 22.7 Å². The summed E-state index contributed by atoms with van der Waals surface area (Å²) in [6.07, 6.45) is 1.42. The molecule has 3 rings (SSSR count). The van der Waals surface area contributed by atoms with Crippen LogP contribution >= 0.6 is 11.6 Å². The molecule has 4 heteroatoms. The van der Waals surface area contributed by atoms with Gasteiger partial charge in [-0.1, -0.05) is 54.1 Å². The van der Waals surface area contributed by atoms with Gasteiger partial charge in [0.1, 0.15) is 5.76 Å². The zero-order valence-corrected chi connectivity index (χ0v) is 11.8. The second-order valence-corrected chi connectivity index (χ2v) is 5.11. The summed E-state index contributed by atoms with van der Waals surface area (Å²) in [6, 6.07) is 14.4. The third-order valence-electron chi connectivity index (χ3n) is 3.37. The number of rotatable bonds is 3. The molecule has 0 heterocycles. The van der Waals surface area contributed by atoms with Crippen molar-refractivity contribution in [3.63, 3.8) is 0 Å². The standard InChI is InChI=1S/C17H12ClNO2/c18-15-8-4-1-5-11(15)9-19-10-14-16(20)12-6-2-3-7-13(12)17(14)21/h1-8,10,20H,9H2. The smallest absolute Gasteiger partial charge is 0.199 e. The number of fused-ring (bicyclic) bond motifs is 1. The topological polar surface area (TPSA) is 49.7 Å². The van der Waals surface area contributed by atoms with E-state index in [1.165, 1.54) is 6.21 Å². The van der Waals surface area contributed by atoms with Gasteiger partial charge in [-0.3, -0.25) is 9.79 Å². The molecule has 1 aliphatic rings. The number of carbonyl (C=O) groups is 1. The molecule has 0 atom stereocenters. The van der Waals surface area contributed by atoms with Crippen LogP contribution in [0.3, 0.4) is 0 Å². The number of aliphatic hydroxyl groups is 1. The summed E-state index contributed by atoms with van der Waals surface area (Å²) in [7, 11) is 0. The molecule has 0 aromatic heterocycles. The zero-order chi connectivity index (χ0) is 14.8. The van der Waals surface area contributed by atoms with Crippen molar-refractivity contribution < 1.29 is 9.90 Å². The van der Waals surface area contributed by atoms with Gasteiger partial charge in [0.05, 0.1) is 12.1 Å². The van der Waals surface area contributed by atoms with Crippen molar-refractivity contribution in [1.29, 1.82) is 0 Å². The Morgan fingerprint density at radius 3 is 2.43 bits per heavy atom. The molecule has 0 unspecified atom stereocenters. The number of hydrogen-bond acceptors (Lipinski definition) is 3. The predicted octanol–water partition coefficient (Wildman–Crippen LogP) is 4.08. The molecule has 0 amide bonds. The highest BCUT2D eigenvalue weighted by molar-refractivity contribution is 6.31. The van der Waals surface area contributed by atoms with Gasteiger partial charge < -0.3 is 5.11 Å². The summed E-state index contributed by atoms with van der Waals surface area (Å²) < 4.78 is 0. The third kappa shape index (κ3) is 2.48. The van der Waals surface area contributed by atoms with Crippen LogP contribution in [0.4, 0.5) is 0 Å². The van der Waals surface area contributed by atoms with E-state index in [4.69, 9.17) is 11.6 Å². The van der Waals surface area contributed by atoms with Crippen LogP contribution in [-0.4, -0.2) is 17.1 Å². The summed E-state index contributed by atoms with van der Waals surface area (Å²) in [5.41, 5.74) is 2.16. The van der Waals surface area contributed by atoms with Gasteiger partial charge in [-0.05, 0) is 11.6 Å². The Hall–Kier alpha value is -2.39. The molecule has 0 aliphatic heterocycles. The first-order valence-electron chi connectivity index (χ1n) is 6.49. The second-order valence-electron chi connectivity index (χ2n) is 4.70. The summed E-state index contributed by atoms with van der Waals surface area (Å²) >= 11 is 6.05. The molecule has 0 bridgehead atoms. The largest absolute Gasteiger partial charge is 0.506 e. The number of allylic oxidation sites excluding steroid dienone is 1. The van der Waals surface area contributed by atoms with E-state index >= 15 is 0 Å². The third-order valence-corrected chi connectivity index (χ3v) is 3.74. The molecule has 3 nitrogen and oxygen atoms in total. The van der Waals surface area contributed by atoms with Crippen LogP contribution in [0.25, 0.3) is 5.76 Å². The fourth-order valence-corrected chi connectivity index (χ4v) is 2.46. The van der Waals surface area contributed by atoms with Gasteiger partial charge in [0, 0.05) is 22.4 Å². The first-order valence-corrected chi connectivity index (χ1v) is 6.87. The maximum atomic E-state index is 12.2. The molecule has 0 saturated heterocycles. The second kappa shape index (κ2) is 5.54. The average Bonchev–Trinajstić information content (AvgIpc) is 2.74. The zero-order valence-electron chi connectivity index (χ0n) is 11.1. The van der Waals surface area contributed by atoms with Crippen LogP contribution < -0.4 is 0 Å². The Bertz CT molecular complexity index is 778. The normalized spacial score (nSPS) is 14.0. The van der Waals surface area contributed by atoms with E-state index in [-0.39, 0.29) is 17.1 Å². The highest BCUT2D eigenvalue weighted by Gasteiger charge is 2.27. The Kier molecular flexibility index (Phi) is 3.59. The molecule has 21 heavy (non-hydrogen) atoms. The number of carbonyl (C=O) groups excluding carboxylic acids is 1. The lowest BCUT2D eigenvalue weighted by Gasteiger charge is -1.99. The monoisotopic (exact) mass is 297 g/mol. The van der Waals surface area contributed by atoms with E-state index in [9.17, 15) is 9.90 Å². The fraction of sp³-hybridized carbons (Fsp3) is 0.0588. The molecule has 0 fully saturated rings. The molecule has 0 saturated carbocycles. The summed E-state index contributed by atoms with van der Waals surface area (Å²) in [5.74, 6) is -0.218. The Morgan fingerprint density at radius 2 is 1.71 bits per heavy atom. The number of hydrogen-bond donors (Lipinski definition) is 1. The molecular weight excluding hydrogens is 286 g/mol. The predicted molar refractivity (Wildman–Crippen MR) is 84.0 cm³/mol. The SMILES string of the molecule is O=C1C(C=NCc2ccccc2Cl)=C(O)c2ccccc21. The van der Waals surface area contributed by atoms with Crippen molar-refractivity contribution >= 4 is 29.4 Å². The summed E-state index contributed by atoms with van der Waals surface area (Å²) in [5, 5.41) is 10.7. The van der Waals surface area contributed by atoms with Gasteiger partial charge in [0.2, 0.25) is 0 Å². The van der Waals surface area contributed by atoms with Crippen molar-refractivity contribution in [2.24, 2.45) is 4.99 Å². The minimum atomic E-state index is -0.203. The molecule has 2 aromatic carbocycles. The fourth-order valence-electron chi connectivity index (χ4n) is 2.27. The number of nitrogens with zero attached hydrogens (tertiary/aromatic N) is 1. The van der Waals surface area contributed by atoms with Gasteiger partial charge in [0.25, 0.3) is 0 Å². The van der Waals surface area contributed by atoms with E-state index in [1.54, 1.807) is 30.3 Å². The highest BCUT2D eigenvalue weighted by Crippen LogP contribution is 2.29. The first-order chi connectivity index (χ1) is 10.2. The van der Waals surface area contributed by atoms with Crippen molar-refractivity contribution in [3.8, 4) is 0 Å². The van der Waals surface area contributed by atoms with Crippen molar-refractivity contribution in [1.82, 2.24) is 0 Å². The Balaban J connectivity index is 1.83.